The van der Waals surface area contributed by atoms with Crippen molar-refractivity contribution in [1.82, 2.24) is 9.97 Å². The fourth-order valence-corrected chi connectivity index (χ4v) is 1.49. The monoisotopic (exact) mass is 202 g/mol. The Labute approximate surface area is 87.8 Å². The van der Waals surface area contributed by atoms with Crippen LogP contribution in [-0.4, -0.2) is 9.97 Å². The summed E-state index contributed by atoms with van der Waals surface area (Å²) in [5.41, 5.74) is 2.66. The zero-order valence-electron chi connectivity index (χ0n) is 8.66. The molecule has 0 fully saturated rings. The SMILES string of the molecule is Cc1cc(-c2ccc(F)cc2)nc(C)n1. The molecule has 0 aliphatic heterocycles. The minimum atomic E-state index is -0.235. The van der Waals surface area contributed by atoms with Crippen LogP contribution in [0, 0.1) is 19.7 Å². The van der Waals surface area contributed by atoms with Gasteiger partial charge < -0.3 is 0 Å². The molecule has 1 aromatic heterocycles. The molecule has 0 aliphatic carbocycles. The summed E-state index contributed by atoms with van der Waals surface area (Å²) in [6.45, 7) is 3.77. The topological polar surface area (TPSA) is 25.8 Å². The predicted molar refractivity (Wildman–Crippen MR) is 56.9 cm³/mol. The highest BCUT2D eigenvalue weighted by molar-refractivity contribution is 5.59. The van der Waals surface area contributed by atoms with Gasteiger partial charge in [0.15, 0.2) is 0 Å². The molecule has 0 spiro atoms. The van der Waals surface area contributed by atoms with Gasteiger partial charge in [-0.15, -0.1) is 0 Å². The number of rotatable bonds is 1. The van der Waals surface area contributed by atoms with E-state index >= 15 is 0 Å². The van der Waals surface area contributed by atoms with Gasteiger partial charge in [-0.25, -0.2) is 14.4 Å². The van der Waals surface area contributed by atoms with Gasteiger partial charge in [-0.05, 0) is 44.2 Å². The van der Waals surface area contributed by atoms with Crippen LogP contribution in [0.1, 0.15) is 11.5 Å². The summed E-state index contributed by atoms with van der Waals surface area (Å²) in [5.74, 6) is 0.496. The van der Waals surface area contributed by atoms with Gasteiger partial charge >= 0.3 is 0 Å². The predicted octanol–water partition coefficient (Wildman–Crippen LogP) is 2.90. The van der Waals surface area contributed by atoms with E-state index in [0.717, 1.165) is 22.8 Å². The molecule has 2 rings (SSSR count). The van der Waals surface area contributed by atoms with Crippen LogP contribution in [0.3, 0.4) is 0 Å². The normalized spacial score (nSPS) is 10.3. The first-order valence-electron chi connectivity index (χ1n) is 4.73. The summed E-state index contributed by atoms with van der Waals surface area (Å²) < 4.78 is 12.7. The molecule has 0 amide bonds. The maximum Gasteiger partial charge on any atom is 0.126 e. The number of benzene rings is 1. The minimum Gasteiger partial charge on any atom is -0.239 e. The van der Waals surface area contributed by atoms with Crippen LogP contribution in [0.4, 0.5) is 4.39 Å². The Morgan fingerprint density at radius 2 is 1.67 bits per heavy atom. The minimum absolute atomic E-state index is 0.235. The molecule has 0 N–H and O–H groups in total. The van der Waals surface area contributed by atoms with Crippen LogP contribution in [0.15, 0.2) is 30.3 Å². The van der Waals surface area contributed by atoms with E-state index in [1.807, 2.05) is 19.9 Å². The Balaban J connectivity index is 2.49. The van der Waals surface area contributed by atoms with Crippen LogP contribution in [0.5, 0.6) is 0 Å². The first-order valence-corrected chi connectivity index (χ1v) is 4.73. The molecule has 0 atom stereocenters. The van der Waals surface area contributed by atoms with E-state index < -0.39 is 0 Å². The van der Waals surface area contributed by atoms with Gasteiger partial charge in [-0.3, -0.25) is 0 Å². The third-order valence-corrected chi connectivity index (χ3v) is 2.11. The second-order valence-corrected chi connectivity index (χ2v) is 3.45. The molecule has 0 saturated heterocycles. The molecule has 0 radical (unpaired) electrons. The summed E-state index contributed by atoms with van der Waals surface area (Å²) in [6, 6.07) is 8.19. The number of aromatic nitrogens is 2. The zero-order valence-corrected chi connectivity index (χ0v) is 8.66. The molecule has 3 heteroatoms. The van der Waals surface area contributed by atoms with E-state index in [-0.39, 0.29) is 5.82 Å². The average Bonchev–Trinajstić information content (AvgIpc) is 2.17. The fraction of sp³-hybridized carbons (Fsp3) is 0.167. The van der Waals surface area contributed by atoms with Crippen LogP contribution >= 0.6 is 0 Å². The van der Waals surface area contributed by atoms with Crippen molar-refractivity contribution in [2.24, 2.45) is 0 Å². The molecular formula is C12H11FN2. The van der Waals surface area contributed by atoms with E-state index in [2.05, 4.69) is 9.97 Å². The van der Waals surface area contributed by atoms with Crippen molar-refractivity contribution in [3.8, 4) is 11.3 Å². The maximum absolute atomic E-state index is 12.7. The van der Waals surface area contributed by atoms with Crippen molar-refractivity contribution in [2.75, 3.05) is 0 Å². The molecule has 1 heterocycles. The maximum atomic E-state index is 12.7. The molecule has 0 aliphatic rings. The van der Waals surface area contributed by atoms with E-state index in [4.69, 9.17) is 0 Å². The van der Waals surface area contributed by atoms with Crippen molar-refractivity contribution in [2.45, 2.75) is 13.8 Å². The Morgan fingerprint density at radius 3 is 2.27 bits per heavy atom. The summed E-state index contributed by atoms with van der Waals surface area (Å²) in [6.07, 6.45) is 0. The molecule has 1 aromatic carbocycles. The lowest BCUT2D eigenvalue weighted by Gasteiger charge is -2.03. The van der Waals surface area contributed by atoms with Crippen molar-refractivity contribution in [3.63, 3.8) is 0 Å². The highest BCUT2D eigenvalue weighted by Crippen LogP contribution is 2.17. The first-order chi connectivity index (χ1) is 7.15. The van der Waals surface area contributed by atoms with E-state index in [9.17, 15) is 4.39 Å². The average molecular weight is 202 g/mol. The zero-order chi connectivity index (χ0) is 10.8. The van der Waals surface area contributed by atoms with Gasteiger partial charge in [0.2, 0.25) is 0 Å². The lowest BCUT2D eigenvalue weighted by Crippen LogP contribution is -1.93. The van der Waals surface area contributed by atoms with Crippen LogP contribution in [-0.2, 0) is 0 Å². The smallest absolute Gasteiger partial charge is 0.126 e. The molecule has 76 valence electrons. The van der Waals surface area contributed by atoms with Crippen molar-refractivity contribution >= 4 is 0 Å². The molecule has 2 nitrogen and oxygen atoms in total. The molecule has 2 aromatic rings. The Kier molecular flexibility index (Phi) is 2.46. The Hall–Kier alpha value is -1.77. The summed E-state index contributed by atoms with van der Waals surface area (Å²) in [4.78, 5) is 8.49. The second kappa shape index (κ2) is 3.77. The van der Waals surface area contributed by atoms with Gasteiger partial charge in [0, 0.05) is 11.3 Å². The van der Waals surface area contributed by atoms with Gasteiger partial charge in [0.05, 0.1) is 5.69 Å². The standard InChI is InChI=1S/C12H11FN2/c1-8-7-12(15-9(2)14-8)10-3-5-11(13)6-4-10/h3-7H,1-2H3. The highest BCUT2D eigenvalue weighted by Gasteiger charge is 2.01. The number of hydrogen-bond acceptors (Lipinski definition) is 2. The number of hydrogen-bond donors (Lipinski definition) is 0. The van der Waals surface area contributed by atoms with Crippen molar-refractivity contribution < 1.29 is 4.39 Å². The van der Waals surface area contributed by atoms with E-state index in [1.54, 1.807) is 12.1 Å². The quantitative estimate of drug-likeness (QED) is 0.710. The van der Waals surface area contributed by atoms with E-state index in [1.165, 1.54) is 12.1 Å². The molecule has 0 saturated carbocycles. The summed E-state index contributed by atoms with van der Waals surface area (Å²) >= 11 is 0. The molecule has 15 heavy (non-hydrogen) atoms. The lowest BCUT2D eigenvalue weighted by molar-refractivity contribution is 0.628. The van der Waals surface area contributed by atoms with Crippen LogP contribution in [0.25, 0.3) is 11.3 Å². The highest BCUT2D eigenvalue weighted by atomic mass is 19.1. The third-order valence-electron chi connectivity index (χ3n) is 2.11. The molecule has 0 unspecified atom stereocenters. The number of halogens is 1. The summed E-state index contributed by atoms with van der Waals surface area (Å²) in [5, 5.41) is 0. The molecular weight excluding hydrogens is 191 g/mol. The van der Waals surface area contributed by atoms with Crippen LogP contribution < -0.4 is 0 Å². The van der Waals surface area contributed by atoms with Gasteiger partial charge in [0.1, 0.15) is 11.6 Å². The van der Waals surface area contributed by atoms with E-state index in [0.29, 0.717) is 0 Å². The lowest BCUT2D eigenvalue weighted by atomic mass is 10.1. The molecule has 0 bridgehead atoms. The van der Waals surface area contributed by atoms with Crippen molar-refractivity contribution in [1.29, 1.82) is 0 Å². The van der Waals surface area contributed by atoms with Gasteiger partial charge in [-0.2, -0.15) is 0 Å². The second-order valence-electron chi connectivity index (χ2n) is 3.45. The van der Waals surface area contributed by atoms with Gasteiger partial charge in [-0.1, -0.05) is 0 Å². The van der Waals surface area contributed by atoms with Gasteiger partial charge in [0.25, 0.3) is 0 Å². The first kappa shape index (κ1) is 9.77. The van der Waals surface area contributed by atoms with Crippen LogP contribution in [0.2, 0.25) is 0 Å². The Morgan fingerprint density at radius 1 is 1.00 bits per heavy atom. The number of aryl methyl sites for hydroxylation is 2. The van der Waals surface area contributed by atoms with Crippen molar-refractivity contribution in [3.05, 3.63) is 47.7 Å². The largest absolute Gasteiger partial charge is 0.239 e. The fourth-order valence-electron chi connectivity index (χ4n) is 1.49. The summed E-state index contributed by atoms with van der Waals surface area (Å²) in [7, 11) is 0. The Bertz CT molecular complexity index is 457. The third kappa shape index (κ3) is 2.18. The number of nitrogens with zero attached hydrogens (tertiary/aromatic N) is 2.